The van der Waals surface area contributed by atoms with Gasteiger partial charge in [-0.3, -0.25) is 4.79 Å². The van der Waals surface area contributed by atoms with Crippen molar-refractivity contribution >= 4 is 5.91 Å². The molecule has 2 heterocycles. The van der Waals surface area contributed by atoms with Crippen LogP contribution in [0.2, 0.25) is 0 Å². The molecule has 19 heavy (non-hydrogen) atoms. The molecule has 0 aliphatic carbocycles. The van der Waals surface area contributed by atoms with Gasteiger partial charge in [-0.05, 0) is 32.8 Å². The highest BCUT2D eigenvalue weighted by Gasteiger charge is 2.39. The summed E-state index contributed by atoms with van der Waals surface area (Å²) in [6.45, 7) is 4.12. The Hall–Kier alpha value is -1.80. The average molecular weight is 261 g/mol. The van der Waals surface area contributed by atoms with Gasteiger partial charge in [0.05, 0.1) is 17.2 Å². The van der Waals surface area contributed by atoms with Crippen LogP contribution in [0.5, 0.6) is 0 Å². The summed E-state index contributed by atoms with van der Waals surface area (Å²) in [4.78, 5) is 14.3. The van der Waals surface area contributed by atoms with E-state index in [1.54, 1.807) is 42.6 Å². The number of hydrogen-bond donors (Lipinski definition) is 1. The van der Waals surface area contributed by atoms with Gasteiger partial charge in [-0.2, -0.15) is 5.26 Å². The minimum absolute atomic E-state index is 0.117. The standard InChI is InChI=1S/C14H19N3O2/c1-14(2,19)12-5-4-6-17(12)13(18)11-7-10(8-15)9-16(11)3/h7,9,12,19H,4-6H2,1-3H3. The lowest BCUT2D eigenvalue weighted by Gasteiger charge is -2.33. The highest BCUT2D eigenvalue weighted by molar-refractivity contribution is 5.93. The van der Waals surface area contributed by atoms with E-state index in [1.807, 2.05) is 6.07 Å². The molecule has 102 valence electrons. The summed E-state index contributed by atoms with van der Waals surface area (Å²) >= 11 is 0. The highest BCUT2D eigenvalue weighted by atomic mass is 16.3. The maximum atomic E-state index is 12.5. The van der Waals surface area contributed by atoms with Crippen molar-refractivity contribution < 1.29 is 9.90 Å². The van der Waals surface area contributed by atoms with Crippen molar-refractivity contribution in [3.8, 4) is 6.07 Å². The smallest absolute Gasteiger partial charge is 0.270 e. The van der Waals surface area contributed by atoms with E-state index >= 15 is 0 Å². The van der Waals surface area contributed by atoms with E-state index in [9.17, 15) is 9.90 Å². The van der Waals surface area contributed by atoms with Gasteiger partial charge in [0.25, 0.3) is 5.91 Å². The van der Waals surface area contributed by atoms with E-state index in [0.717, 1.165) is 12.8 Å². The van der Waals surface area contributed by atoms with Gasteiger partial charge in [0, 0.05) is 19.8 Å². The number of nitriles is 1. The fourth-order valence-corrected chi connectivity index (χ4v) is 2.73. The lowest BCUT2D eigenvalue weighted by atomic mass is 9.96. The van der Waals surface area contributed by atoms with Crippen LogP contribution in [0.15, 0.2) is 12.3 Å². The molecule has 1 saturated heterocycles. The third-order valence-corrected chi connectivity index (χ3v) is 3.68. The zero-order valence-corrected chi connectivity index (χ0v) is 11.6. The normalized spacial score (nSPS) is 19.5. The van der Waals surface area contributed by atoms with Crippen LogP contribution < -0.4 is 0 Å². The Balaban J connectivity index is 2.29. The molecule has 1 aromatic rings. The van der Waals surface area contributed by atoms with Gasteiger partial charge in [0.1, 0.15) is 11.8 Å². The molecule has 1 unspecified atom stereocenters. The van der Waals surface area contributed by atoms with Crippen LogP contribution in [-0.2, 0) is 7.05 Å². The Bertz CT molecular complexity index is 534. The summed E-state index contributed by atoms with van der Waals surface area (Å²) in [5.41, 5.74) is 0.0626. The predicted molar refractivity (Wildman–Crippen MR) is 70.5 cm³/mol. The SMILES string of the molecule is Cn1cc(C#N)cc1C(=O)N1CCCC1C(C)(C)O. The number of nitrogens with zero attached hydrogens (tertiary/aromatic N) is 3. The van der Waals surface area contributed by atoms with Gasteiger partial charge in [0.2, 0.25) is 0 Å². The lowest BCUT2D eigenvalue weighted by molar-refractivity contribution is -0.0000174. The van der Waals surface area contributed by atoms with Crippen LogP contribution >= 0.6 is 0 Å². The minimum atomic E-state index is -0.907. The van der Waals surface area contributed by atoms with Gasteiger partial charge in [-0.1, -0.05) is 0 Å². The fraction of sp³-hybridized carbons (Fsp3) is 0.571. The minimum Gasteiger partial charge on any atom is -0.388 e. The molecule has 1 aliphatic heterocycles. The van der Waals surface area contributed by atoms with Crippen LogP contribution in [0.3, 0.4) is 0 Å². The number of hydrogen-bond acceptors (Lipinski definition) is 3. The van der Waals surface area contributed by atoms with Crippen molar-refractivity contribution in [3.63, 3.8) is 0 Å². The molecular formula is C14H19N3O2. The van der Waals surface area contributed by atoms with Gasteiger partial charge in [-0.15, -0.1) is 0 Å². The number of aryl methyl sites for hydroxylation is 1. The third kappa shape index (κ3) is 2.49. The van der Waals surface area contributed by atoms with Gasteiger partial charge < -0.3 is 14.6 Å². The summed E-state index contributed by atoms with van der Waals surface area (Å²) in [7, 11) is 1.75. The number of aromatic nitrogens is 1. The molecule has 0 spiro atoms. The summed E-state index contributed by atoms with van der Waals surface area (Å²) in [5.74, 6) is -0.117. The Kier molecular flexibility index (Phi) is 3.38. The molecule has 1 N–H and O–H groups in total. The summed E-state index contributed by atoms with van der Waals surface area (Å²) in [6.07, 6.45) is 3.35. The zero-order chi connectivity index (χ0) is 14.2. The number of aliphatic hydroxyl groups is 1. The van der Waals surface area contributed by atoms with Crippen LogP contribution in [0.1, 0.15) is 42.7 Å². The molecule has 1 amide bonds. The number of carbonyl (C=O) groups excluding carboxylic acids is 1. The number of rotatable bonds is 2. The number of carbonyl (C=O) groups is 1. The quantitative estimate of drug-likeness (QED) is 0.871. The maximum Gasteiger partial charge on any atom is 0.270 e. The molecule has 0 bridgehead atoms. The predicted octanol–water partition coefficient (Wildman–Crippen LogP) is 1.27. The molecule has 0 saturated carbocycles. The fourth-order valence-electron chi connectivity index (χ4n) is 2.73. The maximum absolute atomic E-state index is 12.5. The molecule has 0 aromatic carbocycles. The van der Waals surface area contributed by atoms with E-state index in [4.69, 9.17) is 5.26 Å². The summed E-state index contributed by atoms with van der Waals surface area (Å²) < 4.78 is 1.67. The van der Waals surface area contributed by atoms with E-state index in [-0.39, 0.29) is 11.9 Å². The van der Waals surface area contributed by atoms with E-state index in [2.05, 4.69) is 0 Å². The van der Waals surface area contributed by atoms with Crippen LogP contribution in [0, 0.1) is 11.3 Å². The van der Waals surface area contributed by atoms with Crippen molar-refractivity contribution in [2.24, 2.45) is 7.05 Å². The van der Waals surface area contributed by atoms with Crippen LogP contribution in [0.4, 0.5) is 0 Å². The van der Waals surface area contributed by atoms with E-state index < -0.39 is 5.60 Å². The summed E-state index contributed by atoms with van der Waals surface area (Å²) in [5, 5.41) is 19.0. The lowest BCUT2D eigenvalue weighted by Crippen LogP contribution is -2.48. The van der Waals surface area contributed by atoms with Crippen LogP contribution in [-0.4, -0.2) is 38.7 Å². The molecule has 1 fully saturated rings. The van der Waals surface area contributed by atoms with Gasteiger partial charge >= 0.3 is 0 Å². The Morgan fingerprint density at radius 1 is 1.58 bits per heavy atom. The monoisotopic (exact) mass is 261 g/mol. The molecule has 1 aromatic heterocycles. The highest BCUT2D eigenvalue weighted by Crippen LogP contribution is 2.28. The largest absolute Gasteiger partial charge is 0.388 e. The number of amides is 1. The molecule has 2 rings (SSSR count). The average Bonchev–Trinajstić information content (AvgIpc) is 2.93. The molecular weight excluding hydrogens is 242 g/mol. The second-order valence-corrected chi connectivity index (χ2v) is 5.65. The topological polar surface area (TPSA) is 69.3 Å². The Morgan fingerprint density at radius 2 is 2.26 bits per heavy atom. The molecule has 5 heteroatoms. The Labute approximate surface area is 113 Å². The van der Waals surface area contributed by atoms with Crippen molar-refractivity contribution in [2.45, 2.75) is 38.3 Å². The van der Waals surface area contributed by atoms with Gasteiger partial charge in [-0.25, -0.2) is 0 Å². The first-order valence-electron chi connectivity index (χ1n) is 6.44. The van der Waals surface area contributed by atoms with Crippen molar-refractivity contribution in [1.29, 1.82) is 5.26 Å². The van der Waals surface area contributed by atoms with Gasteiger partial charge in [0.15, 0.2) is 0 Å². The molecule has 1 atom stereocenters. The first kappa shape index (κ1) is 13.6. The van der Waals surface area contributed by atoms with Crippen molar-refractivity contribution in [1.82, 2.24) is 9.47 Å². The second-order valence-electron chi connectivity index (χ2n) is 5.65. The van der Waals surface area contributed by atoms with Crippen LogP contribution in [0.25, 0.3) is 0 Å². The Morgan fingerprint density at radius 3 is 2.79 bits per heavy atom. The number of likely N-dealkylation sites (tertiary alicyclic amines) is 1. The van der Waals surface area contributed by atoms with Crippen molar-refractivity contribution in [2.75, 3.05) is 6.54 Å². The van der Waals surface area contributed by atoms with E-state index in [0.29, 0.717) is 17.8 Å². The second kappa shape index (κ2) is 4.71. The zero-order valence-electron chi connectivity index (χ0n) is 11.6. The van der Waals surface area contributed by atoms with Crippen molar-refractivity contribution in [3.05, 3.63) is 23.5 Å². The first-order chi connectivity index (χ1) is 8.84. The first-order valence-corrected chi connectivity index (χ1v) is 6.44. The molecule has 5 nitrogen and oxygen atoms in total. The summed E-state index contributed by atoms with van der Waals surface area (Å²) in [6, 6.07) is 3.47. The molecule has 0 radical (unpaired) electrons. The molecule has 1 aliphatic rings. The van der Waals surface area contributed by atoms with E-state index in [1.165, 1.54) is 0 Å². The third-order valence-electron chi connectivity index (χ3n) is 3.68.